The number of piperidine rings is 1. The first kappa shape index (κ1) is 15.4. The van der Waals surface area contributed by atoms with E-state index in [4.69, 9.17) is 27.9 Å². The van der Waals surface area contributed by atoms with Gasteiger partial charge in [-0.2, -0.15) is 13.2 Å². The van der Waals surface area contributed by atoms with E-state index in [1.807, 2.05) is 12.1 Å². The lowest BCUT2D eigenvalue weighted by Crippen LogP contribution is -2.26. The Kier molecular flexibility index (Phi) is 3.89. The molecule has 1 aliphatic heterocycles. The summed E-state index contributed by atoms with van der Waals surface area (Å²) in [4.78, 5) is 0. The number of alkyl halides is 3. The second-order valence-electron chi connectivity index (χ2n) is 5.64. The molecule has 1 aromatic carbocycles. The highest BCUT2D eigenvalue weighted by Crippen LogP contribution is 2.62. The van der Waals surface area contributed by atoms with Crippen molar-refractivity contribution in [2.45, 2.75) is 11.6 Å². The van der Waals surface area contributed by atoms with E-state index >= 15 is 0 Å². The average molecular weight is 340 g/mol. The fourth-order valence-electron chi connectivity index (χ4n) is 3.51. The maximum absolute atomic E-state index is 12.2. The molecule has 3 atom stereocenters. The van der Waals surface area contributed by atoms with Crippen molar-refractivity contribution in [2.75, 3.05) is 26.3 Å². The first-order valence-corrected chi connectivity index (χ1v) is 7.41. The van der Waals surface area contributed by atoms with Crippen LogP contribution in [0.25, 0.3) is 0 Å². The molecule has 0 amide bonds. The highest BCUT2D eigenvalue weighted by molar-refractivity contribution is 6.42. The van der Waals surface area contributed by atoms with Crippen LogP contribution in [-0.4, -0.2) is 32.5 Å². The Morgan fingerprint density at radius 2 is 2.05 bits per heavy atom. The minimum atomic E-state index is -4.28. The summed E-state index contributed by atoms with van der Waals surface area (Å²) in [6, 6.07) is 5.45. The van der Waals surface area contributed by atoms with Gasteiger partial charge in [0.15, 0.2) is 0 Å². The summed E-state index contributed by atoms with van der Waals surface area (Å²) in [7, 11) is 0. The number of halogens is 5. The van der Waals surface area contributed by atoms with Gasteiger partial charge < -0.3 is 10.1 Å². The van der Waals surface area contributed by atoms with E-state index < -0.39 is 12.8 Å². The summed E-state index contributed by atoms with van der Waals surface area (Å²) in [6.07, 6.45) is -4.28. The molecule has 3 rings (SSSR count). The molecule has 2 aliphatic rings. The zero-order chi connectivity index (χ0) is 15.3. The van der Waals surface area contributed by atoms with E-state index in [0.717, 1.165) is 18.7 Å². The Balaban J connectivity index is 1.72. The molecule has 0 spiro atoms. The van der Waals surface area contributed by atoms with Crippen molar-refractivity contribution in [1.29, 1.82) is 0 Å². The summed E-state index contributed by atoms with van der Waals surface area (Å²) in [6.45, 7) is 0.448. The van der Waals surface area contributed by atoms with Crippen LogP contribution in [0.1, 0.15) is 5.56 Å². The molecule has 7 heteroatoms. The molecule has 2 nitrogen and oxygen atoms in total. The van der Waals surface area contributed by atoms with Gasteiger partial charge in [0.1, 0.15) is 6.61 Å². The fourth-order valence-corrected chi connectivity index (χ4v) is 3.81. The molecule has 116 valence electrons. The molecule has 1 saturated carbocycles. The minimum absolute atomic E-state index is 0.0957. The summed E-state index contributed by atoms with van der Waals surface area (Å²) in [5, 5.41) is 4.22. The summed E-state index contributed by atoms with van der Waals surface area (Å²) < 4.78 is 41.3. The highest BCUT2D eigenvalue weighted by Gasteiger charge is 2.67. The van der Waals surface area contributed by atoms with Crippen molar-refractivity contribution in [2.24, 2.45) is 11.8 Å². The van der Waals surface area contributed by atoms with Crippen LogP contribution in [0.5, 0.6) is 0 Å². The van der Waals surface area contributed by atoms with Gasteiger partial charge in [0, 0.05) is 12.0 Å². The van der Waals surface area contributed by atoms with Crippen molar-refractivity contribution in [3.63, 3.8) is 0 Å². The average Bonchev–Trinajstić information content (AvgIpc) is 2.80. The van der Waals surface area contributed by atoms with E-state index in [1.165, 1.54) is 0 Å². The highest BCUT2D eigenvalue weighted by atomic mass is 35.5. The van der Waals surface area contributed by atoms with Crippen LogP contribution in [0.15, 0.2) is 18.2 Å². The van der Waals surface area contributed by atoms with Crippen molar-refractivity contribution in [3.8, 4) is 0 Å². The monoisotopic (exact) mass is 339 g/mol. The third kappa shape index (κ3) is 2.77. The van der Waals surface area contributed by atoms with Crippen molar-refractivity contribution in [3.05, 3.63) is 33.8 Å². The standard InChI is InChI=1S/C14H14Cl2F3NO/c15-11-2-1-8(3-12(11)16)13-6-20-4-9(13)10(13)5-21-7-14(17,18)19/h1-3,9-10,20H,4-7H2/t9-,10-,13+/m1/s1. The molecule has 0 bridgehead atoms. The number of hydrogen-bond donors (Lipinski definition) is 1. The quantitative estimate of drug-likeness (QED) is 0.903. The molecule has 1 aromatic rings. The zero-order valence-electron chi connectivity index (χ0n) is 11.0. The maximum atomic E-state index is 12.2. The first-order chi connectivity index (χ1) is 9.84. The van der Waals surface area contributed by atoms with Crippen LogP contribution in [-0.2, 0) is 10.2 Å². The predicted octanol–water partition coefficient (Wildman–Crippen LogP) is 3.66. The molecule has 21 heavy (non-hydrogen) atoms. The van der Waals surface area contributed by atoms with Crippen LogP contribution >= 0.6 is 23.2 Å². The van der Waals surface area contributed by atoms with Gasteiger partial charge in [-0.1, -0.05) is 29.3 Å². The SMILES string of the molecule is FC(F)(F)COC[C@@H]1[C@H]2CNC[C@]21c1ccc(Cl)c(Cl)c1. The topological polar surface area (TPSA) is 21.3 Å². The number of rotatable bonds is 4. The minimum Gasteiger partial charge on any atom is -0.372 e. The Hall–Kier alpha value is -0.490. The smallest absolute Gasteiger partial charge is 0.372 e. The summed E-state index contributed by atoms with van der Waals surface area (Å²) >= 11 is 12.0. The maximum Gasteiger partial charge on any atom is 0.411 e. The van der Waals surface area contributed by atoms with Crippen LogP contribution in [0.4, 0.5) is 13.2 Å². The molecular weight excluding hydrogens is 326 g/mol. The van der Waals surface area contributed by atoms with Gasteiger partial charge >= 0.3 is 6.18 Å². The molecule has 1 aliphatic carbocycles. The van der Waals surface area contributed by atoms with E-state index in [9.17, 15) is 13.2 Å². The van der Waals surface area contributed by atoms with E-state index in [1.54, 1.807) is 6.07 Å². The lowest BCUT2D eigenvalue weighted by molar-refractivity contribution is -0.175. The van der Waals surface area contributed by atoms with Crippen LogP contribution in [0.3, 0.4) is 0 Å². The van der Waals surface area contributed by atoms with E-state index in [0.29, 0.717) is 16.0 Å². The Bertz CT molecular complexity index is 552. The van der Waals surface area contributed by atoms with E-state index in [-0.39, 0.29) is 17.9 Å². The van der Waals surface area contributed by atoms with Crippen molar-refractivity contribution < 1.29 is 17.9 Å². The summed E-state index contributed by atoms with van der Waals surface area (Å²) in [5.41, 5.74) is 0.854. The van der Waals surface area contributed by atoms with Gasteiger partial charge in [0.2, 0.25) is 0 Å². The Labute approximate surface area is 130 Å². The molecule has 2 fully saturated rings. The van der Waals surface area contributed by atoms with Gasteiger partial charge in [-0.05, 0) is 36.1 Å². The third-order valence-corrected chi connectivity index (χ3v) is 5.24. The van der Waals surface area contributed by atoms with Gasteiger partial charge in [-0.3, -0.25) is 0 Å². The number of fused-ring (bicyclic) bond motifs is 1. The molecule has 1 heterocycles. The van der Waals surface area contributed by atoms with Gasteiger partial charge in [-0.15, -0.1) is 0 Å². The summed E-state index contributed by atoms with van der Waals surface area (Å²) in [5.74, 6) is 0.390. The third-order valence-electron chi connectivity index (χ3n) is 4.50. The second-order valence-corrected chi connectivity index (χ2v) is 6.46. The predicted molar refractivity (Wildman–Crippen MR) is 74.9 cm³/mol. The number of ether oxygens (including phenoxy) is 1. The van der Waals surface area contributed by atoms with Crippen molar-refractivity contribution >= 4 is 23.2 Å². The van der Waals surface area contributed by atoms with Gasteiger partial charge in [-0.25, -0.2) is 0 Å². The van der Waals surface area contributed by atoms with Crippen LogP contribution in [0.2, 0.25) is 10.0 Å². The largest absolute Gasteiger partial charge is 0.411 e. The van der Waals surface area contributed by atoms with Crippen LogP contribution < -0.4 is 5.32 Å². The first-order valence-electron chi connectivity index (χ1n) is 6.65. The van der Waals surface area contributed by atoms with E-state index in [2.05, 4.69) is 5.32 Å². The fraction of sp³-hybridized carbons (Fsp3) is 0.571. The molecule has 0 unspecified atom stereocenters. The Morgan fingerprint density at radius 1 is 1.29 bits per heavy atom. The normalized spacial score (nSPS) is 31.3. The van der Waals surface area contributed by atoms with Gasteiger partial charge in [0.05, 0.1) is 16.7 Å². The lowest BCUT2D eigenvalue weighted by atomic mass is 9.93. The number of nitrogens with one attached hydrogen (secondary N) is 1. The zero-order valence-corrected chi connectivity index (χ0v) is 12.5. The molecule has 1 N–H and O–H groups in total. The molecule has 1 saturated heterocycles. The number of benzene rings is 1. The lowest BCUT2D eigenvalue weighted by Gasteiger charge is -2.17. The van der Waals surface area contributed by atoms with Crippen LogP contribution in [0, 0.1) is 11.8 Å². The molecule has 0 aromatic heterocycles. The van der Waals surface area contributed by atoms with Crippen molar-refractivity contribution in [1.82, 2.24) is 5.32 Å². The second kappa shape index (κ2) is 5.30. The molecular formula is C14H14Cl2F3NO. The Morgan fingerprint density at radius 3 is 2.71 bits per heavy atom. The number of hydrogen-bond acceptors (Lipinski definition) is 2. The molecule has 0 radical (unpaired) electrons. The van der Waals surface area contributed by atoms with Gasteiger partial charge in [0.25, 0.3) is 0 Å².